The minimum Gasteiger partial charge on any atom is -0.391 e. The fourth-order valence-corrected chi connectivity index (χ4v) is 3.13. The average molecular weight is 194 g/mol. The van der Waals surface area contributed by atoms with E-state index in [0.29, 0.717) is 11.5 Å². The normalized spacial score (nSPS) is 10.0. The first kappa shape index (κ1) is 11.1. The van der Waals surface area contributed by atoms with E-state index in [9.17, 15) is 0 Å². The standard InChI is InChI=1S/C6H12NO2S2/c7-5-10-6-11(3-1-8)4-2-9/h8-9H,1-4,6H2/q+1. The Morgan fingerprint density at radius 3 is 2.18 bits per heavy atom. The highest BCUT2D eigenvalue weighted by atomic mass is 32.2. The Balaban J connectivity index is 3.44. The quantitative estimate of drug-likeness (QED) is 0.452. The van der Waals surface area contributed by atoms with E-state index in [1.165, 1.54) is 11.8 Å². The fourth-order valence-electron chi connectivity index (χ4n) is 0.588. The Labute approximate surface area is 73.8 Å². The molecule has 0 aliphatic carbocycles. The Morgan fingerprint density at radius 2 is 1.82 bits per heavy atom. The Bertz CT molecular complexity index is 120. The van der Waals surface area contributed by atoms with Gasteiger partial charge in [-0.2, -0.15) is 5.26 Å². The van der Waals surface area contributed by atoms with Gasteiger partial charge in [0.15, 0.2) is 5.08 Å². The van der Waals surface area contributed by atoms with Crippen molar-refractivity contribution in [2.75, 3.05) is 29.8 Å². The molecule has 0 heterocycles. The van der Waals surface area contributed by atoms with Gasteiger partial charge < -0.3 is 10.2 Å². The van der Waals surface area contributed by atoms with Crippen LogP contribution in [0, 0.1) is 10.7 Å². The van der Waals surface area contributed by atoms with Crippen molar-refractivity contribution in [1.82, 2.24) is 0 Å². The van der Waals surface area contributed by atoms with Crippen molar-refractivity contribution >= 4 is 22.7 Å². The topological polar surface area (TPSA) is 64.2 Å². The summed E-state index contributed by atoms with van der Waals surface area (Å²) in [4.78, 5) is 0. The van der Waals surface area contributed by atoms with E-state index >= 15 is 0 Å². The van der Waals surface area contributed by atoms with Crippen molar-refractivity contribution in [2.24, 2.45) is 0 Å². The predicted octanol–water partition coefficient (Wildman–Crippen LogP) is -0.239. The number of hydrogen-bond donors (Lipinski definition) is 2. The molecule has 11 heavy (non-hydrogen) atoms. The highest BCUT2D eigenvalue weighted by Gasteiger charge is 2.15. The number of aliphatic hydroxyl groups is 2. The van der Waals surface area contributed by atoms with E-state index in [4.69, 9.17) is 15.5 Å². The molecule has 0 saturated heterocycles. The molecule has 0 saturated carbocycles. The Hall–Kier alpha value is 0.110. The first-order valence-corrected chi connectivity index (χ1v) is 5.93. The van der Waals surface area contributed by atoms with Crippen molar-refractivity contribution in [3.05, 3.63) is 0 Å². The summed E-state index contributed by atoms with van der Waals surface area (Å²) in [6.45, 7) is 0.296. The minimum atomic E-state index is 0.0161. The van der Waals surface area contributed by atoms with E-state index in [2.05, 4.69) is 0 Å². The maximum Gasteiger partial charge on any atom is 0.167 e. The summed E-state index contributed by atoms with van der Waals surface area (Å²) in [5.74, 6) is 1.41. The van der Waals surface area contributed by atoms with Crippen molar-refractivity contribution in [3.8, 4) is 5.40 Å². The third-order valence-corrected chi connectivity index (χ3v) is 4.50. The molecular formula is C6H12NO2S2+. The molecule has 0 spiro atoms. The third-order valence-electron chi connectivity index (χ3n) is 1.05. The fraction of sp³-hybridized carbons (Fsp3) is 0.833. The number of thioether (sulfide) groups is 1. The average Bonchev–Trinajstić information content (AvgIpc) is 2.01. The lowest BCUT2D eigenvalue weighted by atomic mass is 10.9. The Morgan fingerprint density at radius 1 is 1.27 bits per heavy atom. The molecule has 0 aromatic carbocycles. The van der Waals surface area contributed by atoms with Crippen molar-refractivity contribution < 1.29 is 10.2 Å². The number of aliphatic hydroxyl groups excluding tert-OH is 2. The number of rotatable bonds is 6. The van der Waals surface area contributed by atoms with Crippen LogP contribution in [0.15, 0.2) is 0 Å². The van der Waals surface area contributed by atoms with Gasteiger partial charge in [-0.3, -0.25) is 0 Å². The molecule has 0 atom stereocenters. The maximum atomic E-state index is 8.60. The molecular weight excluding hydrogens is 182 g/mol. The van der Waals surface area contributed by atoms with Crippen LogP contribution in [0.2, 0.25) is 0 Å². The predicted molar refractivity (Wildman–Crippen MR) is 49.3 cm³/mol. The van der Waals surface area contributed by atoms with E-state index < -0.39 is 0 Å². The number of nitriles is 1. The number of hydrogen-bond acceptors (Lipinski definition) is 4. The molecule has 0 rings (SSSR count). The molecule has 0 aromatic rings. The van der Waals surface area contributed by atoms with Gasteiger partial charge in [0.1, 0.15) is 16.9 Å². The van der Waals surface area contributed by atoms with E-state index in [1.807, 2.05) is 5.40 Å². The maximum absolute atomic E-state index is 8.60. The van der Waals surface area contributed by atoms with E-state index in [0.717, 1.165) is 5.08 Å². The van der Waals surface area contributed by atoms with Gasteiger partial charge in [-0.05, 0) is 0 Å². The van der Waals surface area contributed by atoms with Gasteiger partial charge in [0.25, 0.3) is 0 Å². The molecule has 0 aliphatic heterocycles. The summed E-state index contributed by atoms with van der Waals surface area (Å²) in [7, 11) is 0.0161. The monoisotopic (exact) mass is 194 g/mol. The molecule has 0 aromatic heterocycles. The summed E-state index contributed by atoms with van der Waals surface area (Å²) in [5, 5.41) is 28.1. The largest absolute Gasteiger partial charge is 0.391 e. The molecule has 5 heteroatoms. The van der Waals surface area contributed by atoms with E-state index in [1.54, 1.807) is 0 Å². The molecule has 0 amide bonds. The number of nitrogens with zero attached hydrogens (tertiary/aromatic N) is 1. The zero-order valence-electron chi connectivity index (χ0n) is 6.19. The van der Waals surface area contributed by atoms with Crippen molar-refractivity contribution in [1.29, 1.82) is 5.26 Å². The van der Waals surface area contributed by atoms with Gasteiger partial charge in [-0.1, -0.05) is 0 Å². The summed E-state index contributed by atoms with van der Waals surface area (Å²) in [6.07, 6.45) is 0. The van der Waals surface area contributed by atoms with Gasteiger partial charge in [0, 0.05) is 22.7 Å². The van der Waals surface area contributed by atoms with Crippen LogP contribution in [0.1, 0.15) is 0 Å². The molecule has 0 fully saturated rings. The molecule has 2 N–H and O–H groups in total. The second-order valence-corrected chi connectivity index (χ2v) is 5.28. The van der Waals surface area contributed by atoms with Crippen LogP contribution in [0.3, 0.4) is 0 Å². The highest BCUT2D eigenvalue weighted by molar-refractivity contribution is 8.16. The molecule has 0 unspecified atom stereocenters. The second kappa shape index (κ2) is 8.21. The lowest BCUT2D eigenvalue weighted by Crippen LogP contribution is -2.19. The highest BCUT2D eigenvalue weighted by Crippen LogP contribution is 2.06. The Kier molecular flexibility index (Phi) is 8.29. The third kappa shape index (κ3) is 6.51. The zero-order chi connectivity index (χ0) is 8.53. The second-order valence-electron chi connectivity index (χ2n) is 1.82. The smallest absolute Gasteiger partial charge is 0.167 e. The van der Waals surface area contributed by atoms with Crippen LogP contribution in [-0.4, -0.2) is 40.0 Å². The van der Waals surface area contributed by atoms with Crippen molar-refractivity contribution in [3.63, 3.8) is 0 Å². The molecule has 0 aliphatic rings. The van der Waals surface area contributed by atoms with Gasteiger partial charge in [-0.25, -0.2) is 0 Å². The minimum absolute atomic E-state index is 0.0161. The lowest BCUT2D eigenvalue weighted by Gasteiger charge is -2.01. The lowest BCUT2D eigenvalue weighted by molar-refractivity contribution is 0.317. The molecule has 3 nitrogen and oxygen atoms in total. The first-order valence-electron chi connectivity index (χ1n) is 3.21. The van der Waals surface area contributed by atoms with Crippen LogP contribution in [0.25, 0.3) is 0 Å². The van der Waals surface area contributed by atoms with Gasteiger partial charge in [0.2, 0.25) is 0 Å². The van der Waals surface area contributed by atoms with Gasteiger partial charge in [-0.15, -0.1) is 0 Å². The zero-order valence-corrected chi connectivity index (χ0v) is 7.83. The summed E-state index contributed by atoms with van der Waals surface area (Å²) in [6, 6.07) is 0. The summed E-state index contributed by atoms with van der Waals surface area (Å²) >= 11 is 1.19. The van der Waals surface area contributed by atoms with Gasteiger partial charge in [0.05, 0.1) is 13.2 Å². The molecule has 0 radical (unpaired) electrons. The van der Waals surface area contributed by atoms with Crippen LogP contribution in [-0.2, 0) is 10.9 Å². The SMILES string of the molecule is N#CSC[S+](CCO)CCO. The van der Waals surface area contributed by atoms with Crippen molar-refractivity contribution in [2.45, 2.75) is 0 Å². The van der Waals surface area contributed by atoms with Gasteiger partial charge >= 0.3 is 0 Å². The van der Waals surface area contributed by atoms with Crippen LogP contribution < -0.4 is 0 Å². The van der Waals surface area contributed by atoms with Crippen LogP contribution >= 0.6 is 11.8 Å². The molecule has 64 valence electrons. The van der Waals surface area contributed by atoms with E-state index in [-0.39, 0.29) is 24.1 Å². The molecule has 0 bridgehead atoms. The summed E-state index contributed by atoms with van der Waals surface area (Å²) < 4.78 is 0. The van der Waals surface area contributed by atoms with Crippen LogP contribution in [0.4, 0.5) is 0 Å². The summed E-state index contributed by atoms with van der Waals surface area (Å²) in [5.41, 5.74) is 0. The van der Waals surface area contributed by atoms with Crippen LogP contribution in [0.5, 0.6) is 0 Å². The first-order chi connectivity index (χ1) is 5.35. The number of thiocyanates is 1.